The molecule has 0 saturated heterocycles. The van der Waals surface area contributed by atoms with Crippen LogP contribution in [0.2, 0.25) is 0 Å². The molecule has 0 amide bonds. The third kappa shape index (κ3) is 10.1. The molecule has 0 N–H and O–H groups in total. The monoisotopic (exact) mass is 362 g/mol. The minimum Gasteiger partial charge on any atom is -0.501 e. The number of hydrogen-bond acceptors (Lipinski definition) is 2. The van der Waals surface area contributed by atoms with E-state index in [-0.39, 0.29) is 5.41 Å². The minimum atomic E-state index is 0.105. The molecule has 0 bridgehead atoms. The van der Waals surface area contributed by atoms with E-state index in [0.29, 0.717) is 0 Å². The van der Waals surface area contributed by atoms with Crippen LogP contribution in [0.4, 0.5) is 0 Å². The van der Waals surface area contributed by atoms with Crippen molar-refractivity contribution in [3.63, 3.8) is 0 Å². The van der Waals surface area contributed by atoms with Gasteiger partial charge in [0.2, 0.25) is 0 Å². The van der Waals surface area contributed by atoms with Crippen LogP contribution in [0.3, 0.4) is 0 Å². The third-order valence-electron chi connectivity index (χ3n) is 5.15. The quantitative estimate of drug-likeness (QED) is 0.207. The molecule has 0 aromatic carbocycles. The summed E-state index contributed by atoms with van der Waals surface area (Å²) in [6.45, 7) is 8.13. The molecule has 2 heteroatoms. The standard InChI is InChI=1S/C24H42O2/c1-4-7-8-9-10-11-12-13-14-21-25-22-20-24(17-5-2)18-15-23(16-19-24)26-6-3/h15-16,18,20,22H,4-14,17,19,21H2,1-3H3. The molecule has 0 heterocycles. The van der Waals surface area contributed by atoms with Crippen LogP contribution in [0, 0.1) is 5.41 Å². The van der Waals surface area contributed by atoms with E-state index >= 15 is 0 Å². The Morgan fingerprint density at radius 2 is 1.62 bits per heavy atom. The van der Waals surface area contributed by atoms with Crippen molar-refractivity contribution >= 4 is 0 Å². The summed E-state index contributed by atoms with van der Waals surface area (Å²) in [7, 11) is 0. The Hall–Kier alpha value is -1.18. The van der Waals surface area contributed by atoms with Crippen molar-refractivity contribution in [2.45, 2.75) is 97.8 Å². The molecule has 1 rings (SSSR count). The number of hydrogen-bond donors (Lipinski definition) is 0. The van der Waals surface area contributed by atoms with E-state index in [0.717, 1.165) is 31.8 Å². The van der Waals surface area contributed by atoms with Crippen molar-refractivity contribution in [2.24, 2.45) is 5.41 Å². The van der Waals surface area contributed by atoms with Crippen LogP contribution in [0.25, 0.3) is 0 Å². The van der Waals surface area contributed by atoms with Gasteiger partial charge in [-0.3, -0.25) is 0 Å². The Bertz CT molecular complexity index is 422. The number of ether oxygens (including phenoxy) is 2. The summed E-state index contributed by atoms with van der Waals surface area (Å²) in [5.74, 6) is 1.00. The molecule has 2 nitrogen and oxygen atoms in total. The Balaban J connectivity index is 2.14. The molecule has 150 valence electrons. The highest BCUT2D eigenvalue weighted by molar-refractivity contribution is 5.26. The molecule has 26 heavy (non-hydrogen) atoms. The smallest absolute Gasteiger partial charge is 0.115 e. The summed E-state index contributed by atoms with van der Waals surface area (Å²) >= 11 is 0. The SMILES string of the molecule is CCCCCCCCCCCOC=CC1(CCC)C=CC(OCC)=CC1. The van der Waals surface area contributed by atoms with Gasteiger partial charge in [0.15, 0.2) is 0 Å². The van der Waals surface area contributed by atoms with E-state index in [1.54, 1.807) is 0 Å². The average molecular weight is 363 g/mol. The minimum absolute atomic E-state index is 0.105. The van der Waals surface area contributed by atoms with Gasteiger partial charge in [-0.1, -0.05) is 77.7 Å². The fourth-order valence-corrected chi connectivity index (χ4v) is 3.55. The topological polar surface area (TPSA) is 18.5 Å². The van der Waals surface area contributed by atoms with Gasteiger partial charge >= 0.3 is 0 Å². The highest BCUT2D eigenvalue weighted by Crippen LogP contribution is 2.36. The van der Waals surface area contributed by atoms with Crippen molar-refractivity contribution in [3.05, 3.63) is 36.3 Å². The Labute approximate surface area is 162 Å². The molecule has 1 aliphatic rings. The molecule has 0 aliphatic heterocycles. The van der Waals surface area contributed by atoms with Gasteiger partial charge in [-0.25, -0.2) is 0 Å². The van der Waals surface area contributed by atoms with E-state index in [9.17, 15) is 0 Å². The van der Waals surface area contributed by atoms with Crippen molar-refractivity contribution in [2.75, 3.05) is 13.2 Å². The van der Waals surface area contributed by atoms with Gasteiger partial charge < -0.3 is 9.47 Å². The lowest BCUT2D eigenvalue weighted by atomic mass is 9.77. The lowest BCUT2D eigenvalue weighted by Crippen LogP contribution is -2.17. The lowest BCUT2D eigenvalue weighted by Gasteiger charge is -2.28. The van der Waals surface area contributed by atoms with Gasteiger partial charge in [0.05, 0.1) is 19.5 Å². The highest BCUT2D eigenvalue weighted by Gasteiger charge is 2.25. The van der Waals surface area contributed by atoms with Crippen LogP contribution >= 0.6 is 0 Å². The van der Waals surface area contributed by atoms with Gasteiger partial charge in [0.25, 0.3) is 0 Å². The molecular formula is C24H42O2. The maximum Gasteiger partial charge on any atom is 0.115 e. The van der Waals surface area contributed by atoms with Crippen molar-refractivity contribution in [1.29, 1.82) is 0 Å². The van der Waals surface area contributed by atoms with Crippen molar-refractivity contribution in [1.82, 2.24) is 0 Å². The molecule has 0 aromatic rings. The predicted octanol–water partition coefficient (Wildman–Crippen LogP) is 7.71. The predicted molar refractivity (Wildman–Crippen MR) is 113 cm³/mol. The first-order valence-electron chi connectivity index (χ1n) is 11.1. The summed E-state index contributed by atoms with van der Waals surface area (Å²) in [6, 6.07) is 0. The third-order valence-corrected chi connectivity index (χ3v) is 5.15. The second kappa shape index (κ2) is 14.9. The fourth-order valence-electron chi connectivity index (χ4n) is 3.55. The molecule has 1 aliphatic carbocycles. The van der Waals surface area contributed by atoms with Crippen LogP contribution < -0.4 is 0 Å². The Kier molecular flexibility index (Phi) is 13.1. The first-order chi connectivity index (χ1) is 12.8. The molecule has 0 radical (unpaired) electrons. The summed E-state index contributed by atoms with van der Waals surface area (Å²) in [6.07, 6.45) is 26.3. The van der Waals surface area contributed by atoms with E-state index in [4.69, 9.17) is 9.47 Å². The first-order valence-corrected chi connectivity index (χ1v) is 11.1. The zero-order valence-corrected chi connectivity index (χ0v) is 17.6. The van der Waals surface area contributed by atoms with Crippen LogP contribution in [0.1, 0.15) is 97.8 Å². The van der Waals surface area contributed by atoms with E-state index < -0.39 is 0 Å². The van der Waals surface area contributed by atoms with Crippen LogP contribution in [0.15, 0.2) is 36.3 Å². The lowest BCUT2D eigenvalue weighted by molar-refractivity contribution is 0.229. The van der Waals surface area contributed by atoms with E-state index in [1.807, 2.05) is 13.2 Å². The number of rotatable bonds is 16. The van der Waals surface area contributed by atoms with Gasteiger partial charge in [-0.15, -0.1) is 0 Å². The van der Waals surface area contributed by atoms with Crippen molar-refractivity contribution in [3.8, 4) is 0 Å². The fraction of sp³-hybridized carbons (Fsp3) is 0.750. The van der Waals surface area contributed by atoms with Gasteiger partial charge in [0, 0.05) is 5.41 Å². The van der Waals surface area contributed by atoms with E-state index in [2.05, 4.69) is 38.2 Å². The van der Waals surface area contributed by atoms with Gasteiger partial charge in [-0.05, 0) is 44.4 Å². The maximum atomic E-state index is 5.78. The molecule has 1 unspecified atom stereocenters. The van der Waals surface area contributed by atoms with Crippen LogP contribution in [-0.4, -0.2) is 13.2 Å². The van der Waals surface area contributed by atoms with E-state index in [1.165, 1.54) is 64.2 Å². The summed E-state index contributed by atoms with van der Waals surface area (Å²) in [5.41, 5.74) is 0.105. The highest BCUT2D eigenvalue weighted by atomic mass is 16.5. The van der Waals surface area contributed by atoms with Crippen molar-refractivity contribution < 1.29 is 9.47 Å². The number of unbranched alkanes of at least 4 members (excludes halogenated alkanes) is 8. The zero-order chi connectivity index (χ0) is 18.9. The van der Waals surface area contributed by atoms with Crippen LogP contribution in [-0.2, 0) is 9.47 Å². The molecule has 0 fully saturated rings. The summed E-state index contributed by atoms with van der Waals surface area (Å²) in [4.78, 5) is 0. The molecule has 0 aromatic heterocycles. The zero-order valence-electron chi connectivity index (χ0n) is 17.6. The van der Waals surface area contributed by atoms with Crippen LogP contribution in [0.5, 0.6) is 0 Å². The van der Waals surface area contributed by atoms with Gasteiger partial charge in [0.1, 0.15) is 5.76 Å². The Morgan fingerprint density at radius 1 is 0.923 bits per heavy atom. The second-order valence-corrected chi connectivity index (χ2v) is 7.56. The normalized spacial score (nSPS) is 19.7. The molecule has 1 atom stereocenters. The molecule has 0 spiro atoms. The second-order valence-electron chi connectivity index (χ2n) is 7.56. The largest absolute Gasteiger partial charge is 0.501 e. The average Bonchev–Trinajstić information content (AvgIpc) is 2.65. The first kappa shape index (κ1) is 22.9. The maximum absolute atomic E-state index is 5.78. The molecule has 0 saturated carbocycles. The Morgan fingerprint density at radius 3 is 2.19 bits per heavy atom. The van der Waals surface area contributed by atoms with Gasteiger partial charge in [-0.2, -0.15) is 0 Å². The summed E-state index contributed by atoms with van der Waals surface area (Å²) < 4.78 is 11.4. The number of allylic oxidation sites excluding steroid dienone is 4. The molecular weight excluding hydrogens is 320 g/mol. The summed E-state index contributed by atoms with van der Waals surface area (Å²) in [5, 5.41) is 0.